The van der Waals surface area contributed by atoms with E-state index in [0.29, 0.717) is 17.5 Å². The monoisotopic (exact) mass is 378 g/mol. The number of benzene rings is 2. The number of likely N-dealkylation sites (tertiary alicyclic amines) is 1. The molecule has 0 radical (unpaired) electrons. The van der Waals surface area contributed by atoms with Crippen molar-refractivity contribution in [3.05, 3.63) is 82.7 Å². The molecule has 4 nitrogen and oxygen atoms in total. The molecule has 2 aromatic carbocycles. The normalized spacial score (nSPS) is 21.8. The van der Waals surface area contributed by atoms with Crippen molar-refractivity contribution in [2.45, 2.75) is 19.9 Å². The minimum absolute atomic E-state index is 0.0487. The Bertz CT molecular complexity index is 904. The van der Waals surface area contributed by atoms with Crippen molar-refractivity contribution in [1.29, 1.82) is 0 Å². The van der Waals surface area contributed by atoms with Crippen molar-refractivity contribution in [1.82, 2.24) is 9.80 Å². The van der Waals surface area contributed by atoms with Gasteiger partial charge in [-0.25, -0.2) is 4.39 Å². The fraction of sp³-hybridized carbons (Fsp3) is 0.304. The van der Waals surface area contributed by atoms with E-state index in [1.165, 1.54) is 5.56 Å². The lowest BCUT2D eigenvalue weighted by molar-refractivity contribution is 0.0658. The summed E-state index contributed by atoms with van der Waals surface area (Å²) in [7, 11) is 0. The minimum atomic E-state index is -0.412. The van der Waals surface area contributed by atoms with Crippen molar-refractivity contribution in [2.75, 3.05) is 19.6 Å². The molecule has 1 saturated heterocycles. The maximum absolute atomic E-state index is 15.0. The Kier molecular flexibility index (Phi) is 5.09. The van der Waals surface area contributed by atoms with Crippen LogP contribution in [0.3, 0.4) is 0 Å². The topological polar surface area (TPSA) is 40.6 Å². The van der Waals surface area contributed by atoms with Crippen LogP contribution in [0, 0.1) is 5.92 Å². The number of nitrogens with zero attached hydrogens (tertiary/aromatic N) is 2. The molecule has 2 aromatic rings. The lowest BCUT2D eigenvalue weighted by atomic mass is 9.92. The third kappa shape index (κ3) is 3.50. The second-order valence-electron chi connectivity index (χ2n) is 7.54. The molecule has 2 aliphatic heterocycles. The van der Waals surface area contributed by atoms with E-state index in [9.17, 15) is 9.59 Å². The molecule has 1 atom stereocenters. The van der Waals surface area contributed by atoms with Crippen molar-refractivity contribution in [3.8, 4) is 0 Å². The van der Waals surface area contributed by atoms with E-state index in [-0.39, 0.29) is 18.3 Å². The third-order valence-electron chi connectivity index (χ3n) is 5.60. The number of piperidine rings is 1. The standard InChI is InChI=1S/C23H23FN2O2/c1-16-13-25(14-17-7-3-2-4-8-17)12-11-18(16)21(24)15-26-22(27)19-9-5-6-10-20(19)23(26)28/h2-10,16H,11-15H2,1H3/b21-18+. The molecule has 2 amide bonds. The van der Waals surface area contributed by atoms with Gasteiger partial charge >= 0.3 is 0 Å². The van der Waals surface area contributed by atoms with Crippen molar-refractivity contribution < 1.29 is 14.0 Å². The fourth-order valence-corrected chi connectivity index (χ4v) is 4.13. The van der Waals surface area contributed by atoms with Crippen LogP contribution in [0.1, 0.15) is 39.6 Å². The van der Waals surface area contributed by atoms with Crippen LogP contribution in [-0.2, 0) is 6.54 Å². The van der Waals surface area contributed by atoms with Gasteiger partial charge in [-0.05, 0) is 35.6 Å². The van der Waals surface area contributed by atoms with Gasteiger partial charge in [-0.1, -0.05) is 49.4 Å². The van der Waals surface area contributed by atoms with Crippen molar-refractivity contribution in [3.63, 3.8) is 0 Å². The summed E-state index contributed by atoms with van der Waals surface area (Å²) in [6.07, 6.45) is 0.614. The van der Waals surface area contributed by atoms with Crippen LogP contribution < -0.4 is 0 Å². The number of fused-ring (bicyclic) bond motifs is 1. The van der Waals surface area contributed by atoms with Crippen molar-refractivity contribution >= 4 is 11.8 Å². The number of rotatable bonds is 4. The molecule has 2 heterocycles. The SMILES string of the molecule is CC1CN(Cc2ccccc2)CC/C1=C(\F)CN1C(=O)c2ccccc2C1=O. The number of carbonyl (C=O) groups excluding carboxylic acids is 2. The Morgan fingerprint density at radius 3 is 2.21 bits per heavy atom. The number of amides is 2. The molecule has 28 heavy (non-hydrogen) atoms. The summed E-state index contributed by atoms with van der Waals surface area (Å²) in [6, 6.07) is 16.9. The van der Waals surface area contributed by atoms with Gasteiger partial charge in [0, 0.05) is 19.6 Å². The highest BCUT2D eigenvalue weighted by molar-refractivity contribution is 6.21. The highest BCUT2D eigenvalue weighted by Gasteiger charge is 2.36. The van der Waals surface area contributed by atoms with Gasteiger partial charge in [-0.3, -0.25) is 19.4 Å². The fourth-order valence-electron chi connectivity index (χ4n) is 4.13. The van der Waals surface area contributed by atoms with Crippen LogP contribution in [0.25, 0.3) is 0 Å². The van der Waals surface area contributed by atoms with Gasteiger partial charge in [0.1, 0.15) is 5.83 Å². The number of imide groups is 1. The maximum atomic E-state index is 15.0. The first kappa shape index (κ1) is 18.6. The molecule has 144 valence electrons. The molecule has 0 saturated carbocycles. The van der Waals surface area contributed by atoms with Gasteiger partial charge in [0.2, 0.25) is 0 Å². The second-order valence-corrected chi connectivity index (χ2v) is 7.54. The second kappa shape index (κ2) is 7.68. The van der Waals surface area contributed by atoms with Crippen LogP contribution in [0.4, 0.5) is 4.39 Å². The average Bonchev–Trinajstić information content (AvgIpc) is 2.94. The van der Waals surface area contributed by atoms with Gasteiger partial charge in [0.05, 0.1) is 17.7 Å². The summed E-state index contributed by atoms with van der Waals surface area (Å²) in [5.74, 6) is -1.12. The summed E-state index contributed by atoms with van der Waals surface area (Å²) >= 11 is 0. The number of hydrogen-bond donors (Lipinski definition) is 0. The first-order valence-electron chi connectivity index (χ1n) is 9.63. The van der Waals surface area contributed by atoms with E-state index in [2.05, 4.69) is 17.0 Å². The zero-order chi connectivity index (χ0) is 19.7. The van der Waals surface area contributed by atoms with Gasteiger partial charge in [0.15, 0.2) is 0 Å². The Morgan fingerprint density at radius 2 is 1.61 bits per heavy atom. The van der Waals surface area contributed by atoms with Gasteiger partial charge in [-0.2, -0.15) is 0 Å². The molecular weight excluding hydrogens is 355 g/mol. The first-order chi connectivity index (χ1) is 13.5. The van der Waals surface area contributed by atoms with Crippen molar-refractivity contribution in [2.24, 2.45) is 5.92 Å². The minimum Gasteiger partial charge on any atom is -0.298 e. The van der Waals surface area contributed by atoms with E-state index in [1.54, 1.807) is 24.3 Å². The van der Waals surface area contributed by atoms with Crippen LogP contribution in [0.5, 0.6) is 0 Å². The highest BCUT2D eigenvalue weighted by Crippen LogP contribution is 2.30. The Balaban J connectivity index is 1.44. The quantitative estimate of drug-likeness (QED) is 0.754. The Hall–Kier alpha value is -2.79. The van der Waals surface area contributed by atoms with Crippen LogP contribution in [-0.4, -0.2) is 41.2 Å². The summed E-state index contributed by atoms with van der Waals surface area (Å²) in [5.41, 5.74) is 2.68. The number of halogens is 1. The van der Waals surface area contributed by atoms with Gasteiger partial charge in [-0.15, -0.1) is 0 Å². The molecule has 0 aromatic heterocycles. The molecule has 0 N–H and O–H groups in total. The molecule has 1 unspecified atom stereocenters. The molecule has 2 aliphatic rings. The summed E-state index contributed by atoms with van der Waals surface area (Å²) < 4.78 is 15.0. The predicted octanol–water partition coefficient (Wildman–Crippen LogP) is 4.05. The largest absolute Gasteiger partial charge is 0.298 e. The molecule has 0 spiro atoms. The third-order valence-corrected chi connectivity index (χ3v) is 5.60. The Morgan fingerprint density at radius 1 is 1.00 bits per heavy atom. The predicted molar refractivity (Wildman–Crippen MR) is 105 cm³/mol. The number of carbonyl (C=O) groups is 2. The molecular formula is C23H23FN2O2. The van der Waals surface area contributed by atoms with Gasteiger partial charge < -0.3 is 0 Å². The zero-order valence-corrected chi connectivity index (χ0v) is 15.9. The van der Waals surface area contributed by atoms with E-state index < -0.39 is 11.8 Å². The molecule has 4 rings (SSSR count). The highest BCUT2D eigenvalue weighted by atomic mass is 19.1. The average molecular weight is 378 g/mol. The molecule has 5 heteroatoms. The molecule has 0 aliphatic carbocycles. The van der Waals surface area contributed by atoms with E-state index in [4.69, 9.17) is 0 Å². The summed E-state index contributed by atoms with van der Waals surface area (Å²) in [4.78, 5) is 28.3. The van der Waals surface area contributed by atoms with E-state index >= 15 is 4.39 Å². The van der Waals surface area contributed by atoms with Gasteiger partial charge in [0.25, 0.3) is 11.8 Å². The first-order valence-corrected chi connectivity index (χ1v) is 9.63. The lowest BCUT2D eigenvalue weighted by Gasteiger charge is -2.33. The summed E-state index contributed by atoms with van der Waals surface area (Å²) in [6.45, 7) is 4.11. The molecule has 1 fully saturated rings. The number of hydrogen-bond acceptors (Lipinski definition) is 3. The molecule has 0 bridgehead atoms. The Labute approximate surface area is 164 Å². The zero-order valence-electron chi connectivity index (χ0n) is 15.9. The summed E-state index contributed by atoms with van der Waals surface area (Å²) in [5, 5.41) is 0. The lowest BCUT2D eigenvalue weighted by Crippen LogP contribution is -2.37. The van der Waals surface area contributed by atoms with E-state index in [1.807, 2.05) is 25.1 Å². The van der Waals surface area contributed by atoms with E-state index in [0.717, 1.165) is 30.1 Å². The van der Waals surface area contributed by atoms with Crippen LogP contribution in [0.2, 0.25) is 0 Å². The van der Waals surface area contributed by atoms with Crippen LogP contribution in [0.15, 0.2) is 66.0 Å². The van der Waals surface area contributed by atoms with Crippen LogP contribution >= 0.6 is 0 Å². The maximum Gasteiger partial charge on any atom is 0.261 e. The smallest absolute Gasteiger partial charge is 0.261 e.